The van der Waals surface area contributed by atoms with E-state index >= 15 is 0 Å². The zero-order chi connectivity index (χ0) is 16.0. The first-order valence-electron chi connectivity index (χ1n) is 4.61. The Kier molecular flexibility index (Phi) is 3.83. The molecule has 1 rings (SSSR count). The second-order valence-electron chi connectivity index (χ2n) is 3.66. The zero-order valence-electron chi connectivity index (χ0n) is 9.13. The molecule has 11 heteroatoms. The van der Waals surface area contributed by atoms with Gasteiger partial charge in [0.15, 0.2) is 0 Å². The van der Waals surface area contributed by atoms with Crippen molar-refractivity contribution in [3.8, 4) is 0 Å². The lowest BCUT2D eigenvalue weighted by atomic mass is 9.96. The molecule has 0 bridgehead atoms. The Morgan fingerprint density at radius 3 is 1.45 bits per heavy atom. The summed E-state index contributed by atoms with van der Waals surface area (Å²) in [4.78, 5) is 0. The first-order chi connectivity index (χ1) is 8.75. The third-order valence-electron chi connectivity index (χ3n) is 2.44. The summed E-state index contributed by atoms with van der Waals surface area (Å²) < 4.78 is 114. The maximum atomic E-state index is 12.8. The van der Waals surface area contributed by atoms with Gasteiger partial charge in [0.25, 0.3) is 10.1 Å². The number of hydrogen-bond donors (Lipinski definition) is 1. The van der Waals surface area contributed by atoms with Gasteiger partial charge in [-0.05, 0) is 17.7 Å². The summed E-state index contributed by atoms with van der Waals surface area (Å²) in [5.74, 6) is -1.18. The summed E-state index contributed by atoms with van der Waals surface area (Å²) in [6, 6.07) is 0.410. The van der Waals surface area contributed by atoms with Crippen LogP contribution in [0.2, 0.25) is 0 Å². The predicted octanol–water partition coefficient (Wildman–Crippen LogP) is 3.03. The summed E-state index contributed by atoms with van der Waals surface area (Å²) >= 11 is 0. The van der Waals surface area contributed by atoms with Crippen LogP contribution in [0.5, 0.6) is 0 Å². The molecule has 0 spiro atoms. The van der Waals surface area contributed by atoms with Crippen molar-refractivity contribution in [2.24, 2.45) is 0 Å². The molecule has 20 heavy (non-hydrogen) atoms. The van der Waals surface area contributed by atoms with Crippen LogP contribution in [0, 0.1) is 5.82 Å². The van der Waals surface area contributed by atoms with Crippen molar-refractivity contribution in [3.63, 3.8) is 0 Å². The standard InChI is InChI=1S/C9H5F7O3S/c10-6-3-1-5(2-4-6)7(8(11,12)13,9(14,15)16)20(17,18)19/h1-4H,(H,17,18,19). The minimum atomic E-state index is -6.68. The molecule has 1 aromatic rings. The number of halogens is 7. The van der Waals surface area contributed by atoms with Crippen molar-refractivity contribution < 1.29 is 43.7 Å². The number of benzene rings is 1. The van der Waals surface area contributed by atoms with Crippen LogP contribution in [0.1, 0.15) is 5.56 Å². The smallest absolute Gasteiger partial charge is 0.284 e. The van der Waals surface area contributed by atoms with Gasteiger partial charge in [0, 0.05) is 0 Å². The van der Waals surface area contributed by atoms with E-state index in [0.29, 0.717) is 0 Å². The summed E-state index contributed by atoms with van der Waals surface area (Å²) in [5.41, 5.74) is -1.86. The molecule has 0 aliphatic carbocycles. The van der Waals surface area contributed by atoms with Crippen LogP contribution >= 0.6 is 0 Å². The molecule has 0 fully saturated rings. The monoisotopic (exact) mass is 326 g/mol. The quantitative estimate of drug-likeness (QED) is 0.671. The van der Waals surface area contributed by atoms with Crippen molar-refractivity contribution in [1.29, 1.82) is 0 Å². The minimum Gasteiger partial charge on any atom is -0.284 e. The average molecular weight is 326 g/mol. The molecule has 0 saturated heterocycles. The van der Waals surface area contributed by atoms with Gasteiger partial charge in [-0.25, -0.2) is 4.39 Å². The Bertz CT molecular complexity index is 571. The maximum Gasteiger partial charge on any atom is 0.423 e. The Morgan fingerprint density at radius 1 is 0.850 bits per heavy atom. The molecule has 0 amide bonds. The second kappa shape index (κ2) is 4.58. The summed E-state index contributed by atoms with van der Waals surface area (Å²) in [6.07, 6.45) is -12.8. The van der Waals surface area contributed by atoms with Gasteiger partial charge in [-0.15, -0.1) is 0 Å². The zero-order valence-corrected chi connectivity index (χ0v) is 9.94. The fourth-order valence-corrected chi connectivity index (χ4v) is 2.63. The van der Waals surface area contributed by atoms with E-state index < -0.39 is 38.6 Å². The Labute approximate surface area is 107 Å². The second-order valence-corrected chi connectivity index (χ2v) is 5.22. The summed E-state index contributed by atoms with van der Waals surface area (Å²) in [6.45, 7) is 0. The Balaban J connectivity index is 3.87. The van der Waals surface area contributed by atoms with Crippen LogP contribution < -0.4 is 0 Å². The first-order valence-corrected chi connectivity index (χ1v) is 6.05. The Hall–Kier alpha value is -1.36. The highest BCUT2D eigenvalue weighted by atomic mass is 32.2. The normalized spacial score (nSPS) is 14.4. The lowest BCUT2D eigenvalue weighted by Gasteiger charge is -2.34. The van der Waals surface area contributed by atoms with E-state index in [9.17, 15) is 39.2 Å². The fourth-order valence-electron chi connectivity index (χ4n) is 1.61. The molecular weight excluding hydrogens is 321 g/mol. The van der Waals surface area contributed by atoms with E-state index in [4.69, 9.17) is 4.55 Å². The number of hydrogen-bond acceptors (Lipinski definition) is 2. The van der Waals surface area contributed by atoms with Crippen molar-refractivity contribution in [3.05, 3.63) is 35.6 Å². The average Bonchev–Trinajstić information content (AvgIpc) is 2.14. The molecule has 0 aliphatic rings. The van der Waals surface area contributed by atoms with Crippen LogP contribution in [0.15, 0.2) is 24.3 Å². The minimum absolute atomic E-state index is 0.00984. The van der Waals surface area contributed by atoms with Gasteiger partial charge in [0.05, 0.1) is 0 Å². The van der Waals surface area contributed by atoms with E-state index in [0.717, 1.165) is 0 Å². The highest BCUT2D eigenvalue weighted by Crippen LogP contribution is 2.55. The van der Waals surface area contributed by atoms with E-state index in [-0.39, 0.29) is 24.3 Å². The maximum absolute atomic E-state index is 12.8. The van der Waals surface area contributed by atoms with Crippen molar-refractivity contribution in [2.75, 3.05) is 0 Å². The molecule has 0 atom stereocenters. The van der Waals surface area contributed by atoms with Gasteiger partial charge in [-0.1, -0.05) is 12.1 Å². The molecule has 114 valence electrons. The van der Waals surface area contributed by atoms with Gasteiger partial charge >= 0.3 is 17.1 Å². The molecule has 0 heterocycles. The van der Waals surface area contributed by atoms with Crippen LogP contribution in [0.3, 0.4) is 0 Å². The van der Waals surface area contributed by atoms with Gasteiger partial charge in [-0.2, -0.15) is 34.8 Å². The lowest BCUT2D eigenvalue weighted by Crippen LogP contribution is -2.59. The van der Waals surface area contributed by atoms with E-state index in [2.05, 4.69) is 0 Å². The molecule has 0 aliphatic heterocycles. The third-order valence-corrected chi connectivity index (χ3v) is 3.91. The van der Waals surface area contributed by atoms with Crippen LogP contribution in [0.4, 0.5) is 30.7 Å². The molecule has 1 N–H and O–H groups in total. The van der Waals surface area contributed by atoms with Gasteiger partial charge in [-0.3, -0.25) is 4.55 Å². The first kappa shape index (κ1) is 16.7. The third kappa shape index (κ3) is 2.35. The lowest BCUT2D eigenvalue weighted by molar-refractivity contribution is -0.273. The van der Waals surface area contributed by atoms with E-state index in [1.165, 1.54) is 0 Å². The number of rotatable bonds is 2. The topological polar surface area (TPSA) is 54.4 Å². The summed E-state index contributed by atoms with van der Waals surface area (Å²) in [5, 5.41) is 0. The SMILES string of the molecule is O=S(=O)(O)C(c1ccc(F)cc1)(C(F)(F)F)C(F)(F)F. The van der Waals surface area contributed by atoms with Gasteiger partial charge in [0.1, 0.15) is 5.82 Å². The van der Waals surface area contributed by atoms with Crippen molar-refractivity contribution >= 4 is 10.1 Å². The molecule has 1 aromatic carbocycles. The molecule has 3 nitrogen and oxygen atoms in total. The highest BCUT2D eigenvalue weighted by molar-refractivity contribution is 7.87. The molecule has 0 aromatic heterocycles. The van der Waals surface area contributed by atoms with Crippen molar-refractivity contribution in [2.45, 2.75) is 17.1 Å². The fraction of sp³-hybridized carbons (Fsp3) is 0.333. The number of alkyl halides is 6. The summed E-state index contributed by atoms with van der Waals surface area (Å²) in [7, 11) is -6.68. The van der Waals surface area contributed by atoms with Crippen LogP contribution in [-0.2, 0) is 14.9 Å². The molecule has 0 radical (unpaired) electrons. The molecular formula is C9H5F7O3S. The van der Waals surface area contributed by atoms with E-state index in [1.807, 2.05) is 0 Å². The van der Waals surface area contributed by atoms with Crippen LogP contribution in [0.25, 0.3) is 0 Å². The van der Waals surface area contributed by atoms with Gasteiger partial charge < -0.3 is 0 Å². The molecule has 0 unspecified atom stereocenters. The van der Waals surface area contributed by atoms with E-state index in [1.54, 1.807) is 0 Å². The van der Waals surface area contributed by atoms with Gasteiger partial charge in [0.2, 0.25) is 0 Å². The van der Waals surface area contributed by atoms with Crippen molar-refractivity contribution in [1.82, 2.24) is 0 Å². The molecule has 0 saturated carbocycles. The predicted molar refractivity (Wildman–Crippen MR) is 51.7 cm³/mol. The highest BCUT2D eigenvalue weighted by Gasteiger charge is 2.79. The largest absolute Gasteiger partial charge is 0.423 e. The van der Waals surface area contributed by atoms with Crippen LogP contribution in [-0.4, -0.2) is 25.3 Å². The Morgan fingerprint density at radius 2 is 1.20 bits per heavy atom.